The van der Waals surface area contributed by atoms with Crippen molar-refractivity contribution in [1.29, 1.82) is 0 Å². The lowest BCUT2D eigenvalue weighted by molar-refractivity contribution is -0.137. The molecule has 1 N–H and O–H groups in total. The van der Waals surface area contributed by atoms with Gasteiger partial charge in [-0.05, 0) is 47.5 Å². The van der Waals surface area contributed by atoms with E-state index >= 15 is 0 Å². The van der Waals surface area contributed by atoms with Crippen LogP contribution < -0.4 is 4.72 Å². The monoisotopic (exact) mass is 471 g/mol. The van der Waals surface area contributed by atoms with Crippen LogP contribution in [0.3, 0.4) is 0 Å². The summed E-state index contributed by atoms with van der Waals surface area (Å²) in [5.74, 6) is 0.629. The first-order valence-corrected chi connectivity index (χ1v) is 11.8. The zero-order chi connectivity index (χ0) is 23.8. The van der Waals surface area contributed by atoms with E-state index in [1.54, 1.807) is 24.3 Å². The Morgan fingerprint density at radius 1 is 0.970 bits per heavy atom. The largest absolute Gasteiger partial charge is 0.416 e. The molecule has 1 aromatic heterocycles. The third-order valence-electron chi connectivity index (χ3n) is 5.11. The lowest BCUT2D eigenvalue weighted by Gasteiger charge is -2.10. The standard InChI is InChI=1S/C24H20F3N3O2S/c1-30-22-13-10-17(19-5-3-4-6-20(19)29-33(2,31)32)15-21(22)28-23(30)14-9-16-7-11-18(12-8-16)24(25,26)27/h3-15,29H,1-2H3/b14-9+. The summed E-state index contributed by atoms with van der Waals surface area (Å²) >= 11 is 0. The van der Waals surface area contributed by atoms with E-state index < -0.39 is 21.8 Å². The molecule has 4 aromatic rings. The molecule has 0 amide bonds. The number of imidazole rings is 1. The second-order valence-electron chi connectivity index (χ2n) is 7.61. The van der Waals surface area contributed by atoms with Gasteiger partial charge in [-0.15, -0.1) is 0 Å². The molecule has 0 aliphatic heterocycles. The summed E-state index contributed by atoms with van der Waals surface area (Å²) in [6.07, 6.45) is 0.169. The van der Waals surface area contributed by atoms with Crippen LogP contribution in [0.25, 0.3) is 34.3 Å². The molecule has 0 fully saturated rings. The molecule has 4 rings (SSSR count). The van der Waals surface area contributed by atoms with Gasteiger partial charge < -0.3 is 4.57 Å². The quantitative estimate of drug-likeness (QED) is 0.400. The van der Waals surface area contributed by atoms with Gasteiger partial charge in [0.05, 0.1) is 28.5 Å². The Kier molecular flexibility index (Phi) is 5.75. The third-order valence-corrected chi connectivity index (χ3v) is 5.70. The van der Waals surface area contributed by atoms with Gasteiger partial charge in [0, 0.05) is 12.6 Å². The average Bonchev–Trinajstić information content (AvgIpc) is 3.06. The second kappa shape index (κ2) is 8.40. The van der Waals surface area contributed by atoms with Crippen LogP contribution in [0, 0.1) is 0 Å². The van der Waals surface area contributed by atoms with Crippen LogP contribution in [0.1, 0.15) is 17.0 Å². The minimum atomic E-state index is -4.37. The van der Waals surface area contributed by atoms with E-state index in [1.165, 1.54) is 12.1 Å². The lowest BCUT2D eigenvalue weighted by atomic mass is 10.0. The van der Waals surface area contributed by atoms with E-state index in [2.05, 4.69) is 9.71 Å². The predicted molar refractivity (Wildman–Crippen MR) is 125 cm³/mol. The number of hydrogen-bond acceptors (Lipinski definition) is 3. The molecule has 0 atom stereocenters. The molecule has 5 nitrogen and oxygen atoms in total. The maximum Gasteiger partial charge on any atom is 0.416 e. The fourth-order valence-electron chi connectivity index (χ4n) is 3.51. The first-order chi connectivity index (χ1) is 15.5. The van der Waals surface area contributed by atoms with Crippen molar-refractivity contribution in [2.45, 2.75) is 6.18 Å². The third kappa shape index (κ3) is 5.09. The lowest BCUT2D eigenvalue weighted by Crippen LogP contribution is -2.10. The average molecular weight is 472 g/mol. The number of sulfonamides is 1. The molecule has 0 spiro atoms. The molecule has 0 bridgehead atoms. The summed E-state index contributed by atoms with van der Waals surface area (Å²) in [5, 5.41) is 0. The molecule has 0 aliphatic carbocycles. The van der Waals surface area contributed by atoms with Crippen molar-refractivity contribution in [2.75, 3.05) is 11.0 Å². The number of rotatable bonds is 5. The number of alkyl halides is 3. The summed E-state index contributed by atoms with van der Waals surface area (Å²) in [5.41, 5.74) is 3.48. The molecule has 170 valence electrons. The first kappa shape index (κ1) is 22.6. The minimum absolute atomic E-state index is 0.470. The maximum atomic E-state index is 12.7. The normalized spacial score (nSPS) is 12.5. The van der Waals surface area contributed by atoms with Crippen LogP contribution in [-0.2, 0) is 23.2 Å². The van der Waals surface area contributed by atoms with Gasteiger partial charge in [0.15, 0.2) is 0 Å². The van der Waals surface area contributed by atoms with Crippen LogP contribution in [0.5, 0.6) is 0 Å². The van der Waals surface area contributed by atoms with Crippen LogP contribution in [-0.4, -0.2) is 24.2 Å². The molecule has 0 aliphatic rings. The molecule has 3 aromatic carbocycles. The molecule has 9 heteroatoms. The summed E-state index contributed by atoms with van der Waals surface area (Å²) in [7, 11) is -1.59. The highest BCUT2D eigenvalue weighted by Crippen LogP contribution is 2.31. The van der Waals surface area contributed by atoms with Crippen molar-refractivity contribution in [1.82, 2.24) is 9.55 Å². The van der Waals surface area contributed by atoms with Crippen LogP contribution in [0.4, 0.5) is 18.9 Å². The van der Waals surface area contributed by atoms with E-state index in [9.17, 15) is 21.6 Å². The van der Waals surface area contributed by atoms with Crippen LogP contribution in [0.15, 0.2) is 66.7 Å². The number of para-hydroxylation sites is 1. The smallest absolute Gasteiger partial charge is 0.328 e. The van der Waals surface area contributed by atoms with E-state index in [0.717, 1.165) is 35.0 Å². The van der Waals surface area contributed by atoms with E-state index in [1.807, 2.05) is 41.9 Å². The van der Waals surface area contributed by atoms with Gasteiger partial charge in [-0.1, -0.05) is 42.5 Å². The van der Waals surface area contributed by atoms with Crippen molar-refractivity contribution in [3.8, 4) is 11.1 Å². The molecule has 1 heterocycles. The number of nitrogens with one attached hydrogen (secondary N) is 1. The Bertz CT molecular complexity index is 1450. The summed E-state index contributed by atoms with van der Waals surface area (Å²) in [4.78, 5) is 4.63. The Balaban J connectivity index is 1.66. The Hall–Kier alpha value is -3.59. The van der Waals surface area contributed by atoms with Crippen molar-refractivity contribution in [3.63, 3.8) is 0 Å². The maximum absolute atomic E-state index is 12.7. The Labute approximate surface area is 189 Å². The molecule has 0 radical (unpaired) electrons. The molecule has 0 saturated heterocycles. The van der Waals surface area contributed by atoms with E-state index in [4.69, 9.17) is 0 Å². The van der Waals surface area contributed by atoms with Gasteiger partial charge >= 0.3 is 6.18 Å². The number of benzene rings is 3. The highest BCUT2D eigenvalue weighted by molar-refractivity contribution is 7.92. The number of nitrogens with zero attached hydrogens (tertiary/aromatic N) is 2. The Morgan fingerprint density at radius 2 is 1.67 bits per heavy atom. The predicted octanol–water partition coefficient (Wildman–Crippen LogP) is 5.80. The topological polar surface area (TPSA) is 64.0 Å². The molecule has 0 unspecified atom stereocenters. The summed E-state index contributed by atoms with van der Waals surface area (Å²) in [6, 6.07) is 17.6. The number of fused-ring (bicyclic) bond motifs is 1. The van der Waals surface area contributed by atoms with Crippen molar-refractivity contribution < 1.29 is 21.6 Å². The number of aryl methyl sites for hydroxylation is 1. The minimum Gasteiger partial charge on any atom is -0.328 e. The van der Waals surface area contributed by atoms with Gasteiger partial charge in [0.1, 0.15) is 5.82 Å². The zero-order valence-electron chi connectivity index (χ0n) is 17.8. The SMILES string of the molecule is Cn1c(/C=C/c2ccc(C(F)(F)F)cc2)nc2cc(-c3ccccc3NS(C)(=O)=O)ccc21. The number of halogens is 3. The highest BCUT2D eigenvalue weighted by Gasteiger charge is 2.29. The highest BCUT2D eigenvalue weighted by atomic mass is 32.2. The van der Waals surface area contributed by atoms with Crippen molar-refractivity contribution in [3.05, 3.63) is 83.7 Å². The number of hydrogen-bond donors (Lipinski definition) is 1. The molecule has 0 saturated carbocycles. The zero-order valence-corrected chi connectivity index (χ0v) is 18.6. The van der Waals surface area contributed by atoms with Crippen molar-refractivity contribution >= 4 is 38.9 Å². The van der Waals surface area contributed by atoms with E-state index in [0.29, 0.717) is 22.6 Å². The summed E-state index contributed by atoms with van der Waals surface area (Å²) < 4.78 is 66.0. The first-order valence-electron chi connectivity index (χ1n) is 9.90. The molecular formula is C24H20F3N3O2S. The summed E-state index contributed by atoms with van der Waals surface area (Å²) in [6.45, 7) is 0. The van der Waals surface area contributed by atoms with Gasteiger partial charge in [0.25, 0.3) is 0 Å². The number of anilines is 1. The van der Waals surface area contributed by atoms with Crippen molar-refractivity contribution in [2.24, 2.45) is 7.05 Å². The van der Waals surface area contributed by atoms with Crippen LogP contribution in [0.2, 0.25) is 0 Å². The van der Waals surface area contributed by atoms with Gasteiger partial charge in [-0.3, -0.25) is 4.72 Å². The Morgan fingerprint density at radius 3 is 2.33 bits per heavy atom. The second-order valence-corrected chi connectivity index (χ2v) is 9.35. The number of aromatic nitrogens is 2. The van der Waals surface area contributed by atoms with Gasteiger partial charge in [-0.25, -0.2) is 13.4 Å². The van der Waals surface area contributed by atoms with Gasteiger partial charge in [-0.2, -0.15) is 13.2 Å². The van der Waals surface area contributed by atoms with E-state index in [-0.39, 0.29) is 0 Å². The fourth-order valence-corrected chi connectivity index (χ4v) is 4.09. The van der Waals surface area contributed by atoms with Crippen LogP contribution >= 0.6 is 0 Å². The molecular weight excluding hydrogens is 451 g/mol. The van der Waals surface area contributed by atoms with Gasteiger partial charge in [0.2, 0.25) is 10.0 Å². The molecule has 33 heavy (non-hydrogen) atoms. The fraction of sp³-hybridized carbons (Fsp3) is 0.125.